The van der Waals surface area contributed by atoms with Gasteiger partial charge in [-0.3, -0.25) is 9.69 Å². The van der Waals surface area contributed by atoms with E-state index in [4.69, 9.17) is 0 Å². The molecule has 1 aromatic rings. The summed E-state index contributed by atoms with van der Waals surface area (Å²) < 4.78 is 1.01. The maximum atomic E-state index is 11.9. The third-order valence-corrected chi connectivity index (χ3v) is 4.01. The minimum atomic E-state index is 0.210. The van der Waals surface area contributed by atoms with Crippen LogP contribution in [0.3, 0.4) is 0 Å². The average molecular weight is 304 g/mol. The van der Waals surface area contributed by atoms with Crippen LogP contribution in [0.2, 0.25) is 0 Å². The van der Waals surface area contributed by atoms with Crippen molar-refractivity contribution < 1.29 is 4.79 Å². The van der Waals surface area contributed by atoms with Crippen molar-refractivity contribution in [3.05, 3.63) is 20.8 Å². The van der Waals surface area contributed by atoms with Gasteiger partial charge in [0.05, 0.1) is 15.2 Å². The first kappa shape index (κ1) is 13.9. The molecule has 0 spiro atoms. The van der Waals surface area contributed by atoms with Gasteiger partial charge < -0.3 is 0 Å². The van der Waals surface area contributed by atoms with E-state index >= 15 is 0 Å². The van der Waals surface area contributed by atoms with E-state index in [1.54, 1.807) is 0 Å². The molecule has 0 aliphatic carbocycles. The van der Waals surface area contributed by atoms with Crippen LogP contribution in [0.25, 0.3) is 0 Å². The molecule has 2 nitrogen and oxygen atoms in total. The smallest absolute Gasteiger partial charge is 0.186 e. The number of halogens is 1. The van der Waals surface area contributed by atoms with Crippen molar-refractivity contribution in [1.29, 1.82) is 0 Å². The van der Waals surface area contributed by atoms with Crippen molar-refractivity contribution >= 4 is 33.0 Å². The zero-order valence-electron chi connectivity index (χ0n) is 10.00. The van der Waals surface area contributed by atoms with Crippen LogP contribution in [-0.4, -0.2) is 30.8 Å². The molecule has 0 amide bonds. The normalized spacial score (nSPS) is 11.4. The Bertz CT molecular complexity index is 349. The molecule has 16 heavy (non-hydrogen) atoms. The standard InChI is InChI=1S/C12H18BrNOS/c1-9(2)6-7-14(3)8-10(15)11-4-5-12(13)16-11/h4-5,9H,6-8H2,1-3H3. The van der Waals surface area contributed by atoms with Gasteiger partial charge in [0.2, 0.25) is 0 Å². The molecule has 0 radical (unpaired) electrons. The number of likely N-dealkylation sites (N-methyl/N-ethyl adjacent to an activating group) is 1. The van der Waals surface area contributed by atoms with Crippen molar-refractivity contribution in [2.75, 3.05) is 20.1 Å². The van der Waals surface area contributed by atoms with Crippen molar-refractivity contribution in [3.8, 4) is 0 Å². The van der Waals surface area contributed by atoms with E-state index in [9.17, 15) is 4.79 Å². The Morgan fingerprint density at radius 1 is 1.50 bits per heavy atom. The second-order valence-corrected chi connectivity index (χ2v) is 6.91. The summed E-state index contributed by atoms with van der Waals surface area (Å²) in [6.45, 7) is 5.90. The highest BCUT2D eigenvalue weighted by Gasteiger charge is 2.11. The molecule has 0 atom stereocenters. The summed E-state index contributed by atoms with van der Waals surface area (Å²) in [5.74, 6) is 0.899. The lowest BCUT2D eigenvalue weighted by Crippen LogP contribution is -2.27. The first-order chi connectivity index (χ1) is 7.49. The molecular formula is C12H18BrNOS. The first-order valence-electron chi connectivity index (χ1n) is 5.46. The second-order valence-electron chi connectivity index (χ2n) is 4.45. The molecule has 0 bridgehead atoms. The molecule has 0 saturated heterocycles. The molecule has 0 unspecified atom stereocenters. The highest BCUT2D eigenvalue weighted by Crippen LogP contribution is 2.22. The molecule has 0 saturated carbocycles. The van der Waals surface area contributed by atoms with E-state index in [0.29, 0.717) is 12.5 Å². The van der Waals surface area contributed by atoms with E-state index < -0.39 is 0 Å². The molecule has 0 aromatic carbocycles. The predicted octanol–water partition coefficient (Wildman–Crippen LogP) is 3.67. The largest absolute Gasteiger partial charge is 0.299 e. The molecular weight excluding hydrogens is 286 g/mol. The summed E-state index contributed by atoms with van der Waals surface area (Å²) in [4.78, 5) is 14.8. The molecule has 0 fully saturated rings. The minimum Gasteiger partial charge on any atom is -0.299 e. The Labute approximate surface area is 110 Å². The highest BCUT2D eigenvalue weighted by molar-refractivity contribution is 9.11. The SMILES string of the molecule is CC(C)CCN(C)CC(=O)c1ccc(Br)s1. The highest BCUT2D eigenvalue weighted by atomic mass is 79.9. The van der Waals surface area contributed by atoms with E-state index in [1.807, 2.05) is 19.2 Å². The van der Waals surface area contributed by atoms with Crippen LogP contribution in [0.5, 0.6) is 0 Å². The Hall–Kier alpha value is -0.190. The molecule has 90 valence electrons. The Morgan fingerprint density at radius 3 is 2.69 bits per heavy atom. The van der Waals surface area contributed by atoms with Crippen LogP contribution in [0.15, 0.2) is 15.9 Å². The number of rotatable bonds is 6. The zero-order valence-corrected chi connectivity index (χ0v) is 12.4. The Balaban J connectivity index is 2.39. The number of ketones is 1. The van der Waals surface area contributed by atoms with Crippen LogP contribution < -0.4 is 0 Å². The van der Waals surface area contributed by atoms with Gasteiger partial charge in [0.15, 0.2) is 5.78 Å². The first-order valence-corrected chi connectivity index (χ1v) is 7.07. The van der Waals surface area contributed by atoms with Gasteiger partial charge in [0.1, 0.15) is 0 Å². The molecule has 0 aliphatic rings. The van der Waals surface area contributed by atoms with Crippen LogP contribution in [0, 0.1) is 5.92 Å². The average Bonchev–Trinajstić information content (AvgIpc) is 2.62. The number of carbonyl (C=O) groups is 1. The number of hydrogen-bond donors (Lipinski definition) is 0. The van der Waals surface area contributed by atoms with E-state index in [0.717, 1.165) is 21.6 Å². The van der Waals surface area contributed by atoms with Gasteiger partial charge in [-0.1, -0.05) is 13.8 Å². The number of nitrogens with zero attached hydrogens (tertiary/aromatic N) is 1. The number of hydrogen-bond acceptors (Lipinski definition) is 3. The Kier molecular flexibility index (Phi) is 5.66. The topological polar surface area (TPSA) is 20.3 Å². The van der Waals surface area contributed by atoms with Crippen LogP contribution in [0.4, 0.5) is 0 Å². The fourth-order valence-electron chi connectivity index (χ4n) is 1.34. The molecule has 4 heteroatoms. The molecule has 0 N–H and O–H groups in total. The van der Waals surface area contributed by atoms with Gasteiger partial charge >= 0.3 is 0 Å². The van der Waals surface area contributed by atoms with Gasteiger partial charge in [-0.25, -0.2) is 0 Å². The third kappa shape index (κ3) is 4.76. The lowest BCUT2D eigenvalue weighted by atomic mass is 10.1. The van der Waals surface area contributed by atoms with Gasteiger partial charge in [0.25, 0.3) is 0 Å². The maximum absolute atomic E-state index is 11.9. The summed E-state index contributed by atoms with van der Waals surface area (Å²) in [5, 5.41) is 0. The van der Waals surface area contributed by atoms with Crippen molar-refractivity contribution in [2.24, 2.45) is 5.92 Å². The van der Waals surface area contributed by atoms with Gasteiger partial charge in [0, 0.05) is 0 Å². The monoisotopic (exact) mass is 303 g/mol. The summed E-state index contributed by atoms with van der Waals surface area (Å²) >= 11 is 4.87. The number of Topliss-reactive ketones (excluding diaryl/α,β-unsaturated/α-hetero) is 1. The lowest BCUT2D eigenvalue weighted by Gasteiger charge is -2.16. The van der Waals surface area contributed by atoms with Crippen LogP contribution >= 0.6 is 27.3 Å². The zero-order chi connectivity index (χ0) is 12.1. The van der Waals surface area contributed by atoms with Crippen LogP contribution in [0.1, 0.15) is 29.9 Å². The number of carbonyl (C=O) groups excluding carboxylic acids is 1. The van der Waals surface area contributed by atoms with Gasteiger partial charge in [-0.05, 0) is 54.0 Å². The van der Waals surface area contributed by atoms with Crippen molar-refractivity contribution in [2.45, 2.75) is 20.3 Å². The van der Waals surface area contributed by atoms with Crippen molar-refractivity contribution in [3.63, 3.8) is 0 Å². The number of thiophene rings is 1. The molecule has 1 heterocycles. The fraction of sp³-hybridized carbons (Fsp3) is 0.583. The summed E-state index contributed by atoms with van der Waals surface area (Å²) in [5.41, 5.74) is 0. The lowest BCUT2D eigenvalue weighted by molar-refractivity contribution is 0.0948. The minimum absolute atomic E-state index is 0.210. The molecule has 1 aromatic heterocycles. The quantitative estimate of drug-likeness (QED) is 0.747. The third-order valence-electron chi connectivity index (χ3n) is 2.35. The molecule has 1 rings (SSSR count). The van der Waals surface area contributed by atoms with Crippen LogP contribution in [-0.2, 0) is 0 Å². The Morgan fingerprint density at radius 2 is 2.19 bits per heavy atom. The van der Waals surface area contributed by atoms with E-state index in [2.05, 4.69) is 34.7 Å². The summed E-state index contributed by atoms with van der Waals surface area (Å²) in [6.07, 6.45) is 1.14. The van der Waals surface area contributed by atoms with Gasteiger partial charge in [-0.2, -0.15) is 0 Å². The van der Waals surface area contributed by atoms with Crippen molar-refractivity contribution in [1.82, 2.24) is 4.90 Å². The second kappa shape index (κ2) is 6.52. The fourth-order valence-corrected chi connectivity index (χ4v) is 2.66. The van der Waals surface area contributed by atoms with E-state index in [1.165, 1.54) is 11.3 Å². The summed E-state index contributed by atoms with van der Waals surface area (Å²) in [7, 11) is 2.00. The molecule has 0 aliphatic heterocycles. The summed E-state index contributed by atoms with van der Waals surface area (Å²) in [6, 6.07) is 3.80. The maximum Gasteiger partial charge on any atom is 0.186 e. The van der Waals surface area contributed by atoms with E-state index in [-0.39, 0.29) is 5.78 Å². The predicted molar refractivity (Wildman–Crippen MR) is 73.3 cm³/mol. The van der Waals surface area contributed by atoms with Gasteiger partial charge in [-0.15, -0.1) is 11.3 Å².